The quantitative estimate of drug-likeness (QED) is 0.244. The largest absolute Gasteiger partial charge is 0.491 e. The summed E-state index contributed by atoms with van der Waals surface area (Å²) in [6, 6.07) is 15.9. The summed E-state index contributed by atoms with van der Waals surface area (Å²) in [6.45, 7) is 3.31. The molecule has 8 nitrogen and oxygen atoms in total. The van der Waals surface area contributed by atoms with Crippen molar-refractivity contribution in [1.29, 1.82) is 0 Å². The van der Waals surface area contributed by atoms with Gasteiger partial charge in [0.1, 0.15) is 24.5 Å². The number of para-hydroxylation sites is 1. The lowest BCUT2D eigenvalue weighted by atomic mass is 10.1. The molecule has 0 N–H and O–H groups in total. The van der Waals surface area contributed by atoms with Crippen molar-refractivity contribution in [2.75, 3.05) is 32.7 Å². The van der Waals surface area contributed by atoms with E-state index in [-0.39, 0.29) is 19.3 Å². The van der Waals surface area contributed by atoms with Crippen LogP contribution in [-0.2, 0) is 25.5 Å². The van der Waals surface area contributed by atoms with E-state index in [0.29, 0.717) is 19.0 Å². The van der Waals surface area contributed by atoms with Crippen LogP contribution in [0, 0.1) is 0 Å². The molecule has 2 heterocycles. The molecule has 0 aliphatic carbocycles. The van der Waals surface area contributed by atoms with Gasteiger partial charge in [0.25, 0.3) is 10.1 Å². The maximum absolute atomic E-state index is 11.0. The number of hydrogen-bond donors (Lipinski definition) is 0. The molecule has 0 aliphatic rings. The molecule has 0 fully saturated rings. The van der Waals surface area contributed by atoms with Crippen LogP contribution in [0.3, 0.4) is 0 Å². The van der Waals surface area contributed by atoms with E-state index in [1.165, 1.54) is 0 Å². The third kappa shape index (κ3) is 5.87. The minimum atomic E-state index is -3.46. The van der Waals surface area contributed by atoms with Crippen molar-refractivity contribution in [3.05, 3.63) is 66.6 Å². The summed E-state index contributed by atoms with van der Waals surface area (Å²) in [6.07, 6.45) is 5.44. The van der Waals surface area contributed by atoms with Crippen LogP contribution in [0.15, 0.2) is 61.1 Å². The molecule has 0 aliphatic heterocycles. The zero-order valence-corrected chi connectivity index (χ0v) is 19.5. The molecule has 4 rings (SSSR count). The standard InChI is InChI=1S/C24H27N3O5S/c1-3-30-16-19(14-18-8-10-20(11-9-18)31-12-13-32-33(2,28)29)27-17-26-23-15-25-22-7-5-4-6-21(22)24(23)27/h4-11,15,17,19H,3,12-14,16H2,1-2H3. The normalized spacial score (nSPS) is 12.9. The lowest BCUT2D eigenvalue weighted by Gasteiger charge is -2.20. The highest BCUT2D eigenvalue weighted by Gasteiger charge is 2.17. The minimum Gasteiger partial charge on any atom is -0.491 e. The van der Waals surface area contributed by atoms with Crippen molar-refractivity contribution in [1.82, 2.24) is 14.5 Å². The molecule has 0 saturated carbocycles. The van der Waals surface area contributed by atoms with Gasteiger partial charge in [-0.25, -0.2) is 4.98 Å². The van der Waals surface area contributed by atoms with E-state index in [1.807, 2.05) is 61.9 Å². The van der Waals surface area contributed by atoms with E-state index in [4.69, 9.17) is 13.7 Å². The van der Waals surface area contributed by atoms with E-state index in [9.17, 15) is 8.42 Å². The van der Waals surface area contributed by atoms with Gasteiger partial charge in [-0.1, -0.05) is 30.3 Å². The number of benzene rings is 2. The molecule has 1 unspecified atom stereocenters. The van der Waals surface area contributed by atoms with Crippen LogP contribution < -0.4 is 4.74 Å². The molecule has 174 valence electrons. The van der Waals surface area contributed by atoms with Crippen molar-refractivity contribution in [2.45, 2.75) is 19.4 Å². The van der Waals surface area contributed by atoms with Crippen LogP contribution >= 0.6 is 0 Å². The Morgan fingerprint density at radius 1 is 1.00 bits per heavy atom. The second-order valence-corrected chi connectivity index (χ2v) is 9.34. The fourth-order valence-corrected chi connectivity index (χ4v) is 4.14. The van der Waals surface area contributed by atoms with Gasteiger partial charge in [0, 0.05) is 12.0 Å². The van der Waals surface area contributed by atoms with Crippen LogP contribution in [0.1, 0.15) is 18.5 Å². The Labute approximate surface area is 193 Å². The van der Waals surface area contributed by atoms with Crippen molar-refractivity contribution >= 4 is 32.1 Å². The van der Waals surface area contributed by atoms with Crippen molar-refractivity contribution in [3.8, 4) is 5.75 Å². The van der Waals surface area contributed by atoms with Gasteiger partial charge in [-0.2, -0.15) is 8.42 Å². The predicted molar refractivity (Wildman–Crippen MR) is 127 cm³/mol. The third-order valence-electron chi connectivity index (χ3n) is 5.26. The first-order valence-electron chi connectivity index (χ1n) is 10.8. The summed E-state index contributed by atoms with van der Waals surface area (Å²) in [4.78, 5) is 9.10. The zero-order chi connectivity index (χ0) is 23.3. The lowest BCUT2D eigenvalue weighted by Crippen LogP contribution is -2.18. The number of pyridine rings is 1. The average molecular weight is 470 g/mol. The zero-order valence-electron chi connectivity index (χ0n) is 18.7. The maximum atomic E-state index is 11.0. The number of aromatic nitrogens is 3. The number of rotatable bonds is 11. The highest BCUT2D eigenvalue weighted by atomic mass is 32.2. The molecule has 0 spiro atoms. The van der Waals surface area contributed by atoms with Gasteiger partial charge >= 0.3 is 0 Å². The molecule has 0 saturated heterocycles. The highest BCUT2D eigenvalue weighted by molar-refractivity contribution is 7.85. The summed E-state index contributed by atoms with van der Waals surface area (Å²) in [5, 5.41) is 1.06. The molecule has 33 heavy (non-hydrogen) atoms. The third-order valence-corrected chi connectivity index (χ3v) is 5.85. The summed E-state index contributed by atoms with van der Waals surface area (Å²) >= 11 is 0. The topological polar surface area (TPSA) is 92.5 Å². The Balaban J connectivity index is 1.53. The fraction of sp³-hybridized carbons (Fsp3) is 0.333. The molecular formula is C24H27N3O5S. The van der Waals surface area contributed by atoms with E-state index in [0.717, 1.165) is 40.2 Å². The van der Waals surface area contributed by atoms with E-state index in [1.54, 1.807) is 0 Å². The van der Waals surface area contributed by atoms with Gasteiger partial charge in [-0.15, -0.1) is 0 Å². The summed E-state index contributed by atoms with van der Waals surface area (Å²) in [7, 11) is -3.46. The van der Waals surface area contributed by atoms with E-state index in [2.05, 4.69) is 20.6 Å². The molecule has 2 aromatic carbocycles. The van der Waals surface area contributed by atoms with Gasteiger partial charge in [0.2, 0.25) is 0 Å². The fourth-order valence-electron chi connectivity index (χ4n) is 3.77. The molecule has 0 radical (unpaired) electrons. The minimum absolute atomic E-state index is 0.0203. The molecule has 1 atom stereocenters. The van der Waals surface area contributed by atoms with E-state index < -0.39 is 10.1 Å². The first-order valence-corrected chi connectivity index (χ1v) is 12.6. The van der Waals surface area contributed by atoms with Gasteiger partial charge in [0.15, 0.2) is 0 Å². The molecule has 4 aromatic rings. The predicted octanol–water partition coefficient (Wildman–Crippen LogP) is 3.76. The highest BCUT2D eigenvalue weighted by Crippen LogP contribution is 2.27. The number of nitrogens with zero attached hydrogens (tertiary/aromatic N) is 3. The molecule has 2 aromatic heterocycles. The molecular weight excluding hydrogens is 442 g/mol. The first kappa shape index (κ1) is 23.2. The van der Waals surface area contributed by atoms with Crippen LogP contribution in [0.25, 0.3) is 21.9 Å². The Morgan fingerprint density at radius 2 is 1.79 bits per heavy atom. The Hall–Kier alpha value is -3.01. The van der Waals surface area contributed by atoms with Crippen LogP contribution in [-0.4, -0.2) is 55.6 Å². The van der Waals surface area contributed by atoms with Crippen molar-refractivity contribution < 1.29 is 22.1 Å². The number of imidazole rings is 1. The van der Waals surface area contributed by atoms with Crippen LogP contribution in [0.4, 0.5) is 0 Å². The van der Waals surface area contributed by atoms with Crippen LogP contribution in [0.5, 0.6) is 5.75 Å². The van der Waals surface area contributed by atoms with Gasteiger partial charge < -0.3 is 14.0 Å². The number of ether oxygens (including phenoxy) is 2. The van der Waals surface area contributed by atoms with Crippen molar-refractivity contribution in [3.63, 3.8) is 0 Å². The average Bonchev–Trinajstić information content (AvgIpc) is 3.24. The Morgan fingerprint density at radius 3 is 2.55 bits per heavy atom. The summed E-state index contributed by atoms with van der Waals surface area (Å²) in [5.41, 5.74) is 3.97. The monoisotopic (exact) mass is 469 g/mol. The van der Waals surface area contributed by atoms with Gasteiger partial charge in [-0.05, 0) is 37.1 Å². The Bertz CT molecular complexity index is 1320. The van der Waals surface area contributed by atoms with Gasteiger partial charge in [0.05, 0.1) is 42.5 Å². The second kappa shape index (κ2) is 10.3. The first-order chi connectivity index (χ1) is 15.9. The molecule has 0 amide bonds. The lowest BCUT2D eigenvalue weighted by molar-refractivity contribution is 0.114. The maximum Gasteiger partial charge on any atom is 0.264 e. The van der Waals surface area contributed by atoms with Crippen LogP contribution in [0.2, 0.25) is 0 Å². The second-order valence-electron chi connectivity index (χ2n) is 7.70. The molecule has 0 bridgehead atoms. The Kier molecular flexibility index (Phi) is 7.22. The smallest absolute Gasteiger partial charge is 0.264 e. The van der Waals surface area contributed by atoms with Crippen molar-refractivity contribution in [2.24, 2.45) is 0 Å². The summed E-state index contributed by atoms with van der Waals surface area (Å²) in [5.74, 6) is 0.655. The number of hydrogen-bond acceptors (Lipinski definition) is 7. The van der Waals surface area contributed by atoms with Gasteiger partial charge in [-0.3, -0.25) is 9.17 Å². The molecule has 9 heteroatoms. The summed E-state index contributed by atoms with van der Waals surface area (Å²) < 4.78 is 40.3. The number of fused-ring (bicyclic) bond motifs is 3. The SMILES string of the molecule is CCOCC(Cc1ccc(OCCOS(C)(=O)=O)cc1)n1cnc2cnc3ccccc3c21. The van der Waals surface area contributed by atoms with E-state index >= 15 is 0 Å².